The number of aliphatic hydroxyl groups is 1. The quantitative estimate of drug-likeness (QED) is 0.582. The third-order valence-corrected chi connectivity index (χ3v) is 6.10. The van der Waals surface area contributed by atoms with Crippen molar-refractivity contribution in [2.75, 3.05) is 13.2 Å². The number of carbonyl (C=O) groups is 3. The highest BCUT2D eigenvalue weighted by Crippen LogP contribution is 2.44. The van der Waals surface area contributed by atoms with Crippen LogP contribution in [-0.4, -0.2) is 64.4 Å². The van der Waals surface area contributed by atoms with Gasteiger partial charge in [-0.15, -0.1) is 12.3 Å². The molecule has 1 heterocycles. The number of carboxylic acid groups (broad SMARTS) is 1. The summed E-state index contributed by atoms with van der Waals surface area (Å²) in [5, 5.41) is 21.6. The van der Waals surface area contributed by atoms with Gasteiger partial charge in [-0.1, -0.05) is 48.5 Å². The molecule has 2 aromatic carbocycles. The van der Waals surface area contributed by atoms with E-state index >= 15 is 0 Å². The molecule has 8 heteroatoms. The molecular weight excluding hydrogens is 424 g/mol. The summed E-state index contributed by atoms with van der Waals surface area (Å²) < 4.78 is 5.47. The molecule has 0 radical (unpaired) electrons. The van der Waals surface area contributed by atoms with E-state index in [0.29, 0.717) is 0 Å². The number of carboxylic acids is 1. The Morgan fingerprint density at radius 1 is 1.12 bits per heavy atom. The summed E-state index contributed by atoms with van der Waals surface area (Å²) >= 11 is 0. The zero-order valence-corrected chi connectivity index (χ0v) is 17.8. The summed E-state index contributed by atoms with van der Waals surface area (Å²) in [7, 11) is 0. The molecule has 1 saturated heterocycles. The average Bonchev–Trinajstić information content (AvgIpc) is 3.35. The number of hydrogen-bond donors (Lipinski definition) is 3. The molecule has 2 amide bonds. The summed E-state index contributed by atoms with van der Waals surface area (Å²) in [4.78, 5) is 38.0. The number of alkyl carbamates (subject to hydrolysis) is 1. The van der Waals surface area contributed by atoms with E-state index < -0.39 is 36.2 Å². The molecule has 1 aliphatic carbocycles. The summed E-state index contributed by atoms with van der Waals surface area (Å²) in [5.41, 5.74) is 4.29. The van der Waals surface area contributed by atoms with Crippen molar-refractivity contribution in [1.29, 1.82) is 0 Å². The van der Waals surface area contributed by atoms with Crippen LogP contribution >= 0.6 is 0 Å². The van der Waals surface area contributed by atoms with Gasteiger partial charge in [-0.2, -0.15) is 0 Å². The maximum absolute atomic E-state index is 12.9. The fourth-order valence-corrected chi connectivity index (χ4v) is 4.59. The minimum Gasteiger partial charge on any atom is -0.480 e. The number of likely N-dealkylation sites (tertiary alicyclic amines) is 1. The van der Waals surface area contributed by atoms with Gasteiger partial charge in [0.15, 0.2) is 0 Å². The number of nitrogens with one attached hydrogen (secondary N) is 1. The third kappa shape index (κ3) is 4.41. The number of aliphatic carboxylic acids is 1. The van der Waals surface area contributed by atoms with Crippen molar-refractivity contribution in [3.05, 3.63) is 59.7 Å². The van der Waals surface area contributed by atoms with Crippen LogP contribution in [0.15, 0.2) is 48.5 Å². The van der Waals surface area contributed by atoms with Crippen LogP contribution in [0.1, 0.15) is 29.9 Å². The Labute approximate surface area is 191 Å². The van der Waals surface area contributed by atoms with Crippen molar-refractivity contribution in [1.82, 2.24) is 10.2 Å². The maximum atomic E-state index is 12.9. The summed E-state index contributed by atoms with van der Waals surface area (Å²) in [6.45, 7) is -0.0692. The zero-order valence-electron chi connectivity index (χ0n) is 17.8. The Balaban J connectivity index is 1.44. The molecule has 33 heavy (non-hydrogen) atoms. The molecule has 3 unspecified atom stereocenters. The highest BCUT2D eigenvalue weighted by molar-refractivity contribution is 5.90. The molecule has 1 fully saturated rings. The van der Waals surface area contributed by atoms with Crippen LogP contribution in [0.4, 0.5) is 4.79 Å². The lowest BCUT2D eigenvalue weighted by atomic mass is 9.98. The molecule has 0 saturated carbocycles. The van der Waals surface area contributed by atoms with Crippen molar-refractivity contribution in [3.63, 3.8) is 0 Å². The Morgan fingerprint density at radius 2 is 1.73 bits per heavy atom. The van der Waals surface area contributed by atoms with Crippen LogP contribution in [0.2, 0.25) is 0 Å². The molecule has 0 spiro atoms. The Hall–Kier alpha value is -3.83. The van der Waals surface area contributed by atoms with Gasteiger partial charge in [-0.3, -0.25) is 4.79 Å². The number of aliphatic hydroxyl groups excluding tert-OH is 1. The standard InChI is InChI=1S/C25H24N2O6/c1-2-7-21(23(29)27-13-15(28)12-22(27)24(30)31)26-25(32)33-14-20-18-10-5-3-8-16(18)17-9-4-6-11-19(17)20/h1,3-6,8-11,15,20-22,28H,7,12-14H2,(H,26,32)(H,30,31). The predicted octanol–water partition coefficient (Wildman–Crippen LogP) is 1.96. The number of rotatable bonds is 6. The largest absolute Gasteiger partial charge is 0.480 e. The molecule has 3 N–H and O–H groups in total. The molecule has 3 atom stereocenters. The van der Waals surface area contributed by atoms with Crippen LogP contribution in [-0.2, 0) is 14.3 Å². The number of nitrogens with zero attached hydrogens (tertiary/aromatic N) is 1. The minimum atomic E-state index is -1.22. The van der Waals surface area contributed by atoms with Gasteiger partial charge in [0.05, 0.1) is 6.10 Å². The van der Waals surface area contributed by atoms with Gasteiger partial charge >= 0.3 is 12.1 Å². The van der Waals surface area contributed by atoms with E-state index in [1.165, 1.54) is 0 Å². The predicted molar refractivity (Wildman–Crippen MR) is 119 cm³/mol. The van der Waals surface area contributed by atoms with Crippen molar-refractivity contribution >= 4 is 18.0 Å². The summed E-state index contributed by atoms with van der Waals surface area (Å²) in [6, 6.07) is 13.5. The second-order valence-corrected chi connectivity index (χ2v) is 8.16. The molecule has 1 aliphatic heterocycles. The van der Waals surface area contributed by atoms with Gasteiger partial charge in [-0.25, -0.2) is 9.59 Å². The van der Waals surface area contributed by atoms with Gasteiger partial charge < -0.3 is 25.2 Å². The number of benzene rings is 2. The smallest absolute Gasteiger partial charge is 0.407 e. The van der Waals surface area contributed by atoms with Crippen LogP contribution in [0, 0.1) is 12.3 Å². The Bertz CT molecular complexity index is 1080. The molecule has 170 valence electrons. The molecule has 8 nitrogen and oxygen atoms in total. The first kappa shape index (κ1) is 22.4. The number of β-amino-alcohol motifs (C(OH)–C–C–N with tert-alkyl or cyclic N) is 1. The number of amides is 2. The Morgan fingerprint density at radius 3 is 2.30 bits per heavy atom. The number of hydrogen-bond acceptors (Lipinski definition) is 5. The molecule has 4 rings (SSSR count). The van der Waals surface area contributed by atoms with E-state index in [2.05, 4.69) is 11.2 Å². The molecule has 0 aromatic heterocycles. The monoisotopic (exact) mass is 448 g/mol. The van der Waals surface area contributed by atoms with E-state index in [1.807, 2.05) is 48.5 Å². The van der Waals surface area contributed by atoms with Crippen LogP contribution < -0.4 is 5.32 Å². The lowest BCUT2D eigenvalue weighted by Gasteiger charge is -2.26. The van der Waals surface area contributed by atoms with Gasteiger partial charge in [0.25, 0.3) is 0 Å². The SMILES string of the molecule is C#CCC(NC(=O)OCC1c2ccccc2-c2ccccc21)C(=O)N1CC(O)CC1C(=O)O. The van der Waals surface area contributed by atoms with Gasteiger partial charge in [-0.05, 0) is 22.3 Å². The molecule has 2 aromatic rings. The number of carbonyl (C=O) groups excluding carboxylic acids is 2. The number of ether oxygens (including phenoxy) is 1. The molecule has 2 aliphatic rings. The first-order valence-electron chi connectivity index (χ1n) is 10.7. The third-order valence-electron chi connectivity index (χ3n) is 6.10. The van der Waals surface area contributed by atoms with E-state index in [9.17, 15) is 24.6 Å². The average molecular weight is 448 g/mol. The fourth-order valence-electron chi connectivity index (χ4n) is 4.59. The second kappa shape index (κ2) is 9.35. The van der Waals surface area contributed by atoms with Crippen molar-refractivity contribution in [3.8, 4) is 23.5 Å². The fraction of sp³-hybridized carbons (Fsp3) is 0.320. The first-order chi connectivity index (χ1) is 15.9. The van der Waals surface area contributed by atoms with E-state index in [4.69, 9.17) is 11.2 Å². The minimum absolute atomic E-state index is 0.0665. The highest BCUT2D eigenvalue weighted by Gasteiger charge is 2.41. The van der Waals surface area contributed by atoms with E-state index in [0.717, 1.165) is 27.2 Å². The summed E-state index contributed by atoms with van der Waals surface area (Å²) in [6.07, 6.45) is 3.38. The molecular formula is C25H24N2O6. The number of terminal acetylenes is 1. The maximum Gasteiger partial charge on any atom is 0.407 e. The normalized spacial score (nSPS) is 19.8. The number of fused-ring (bicyclic) bond motifs is 3. The van der Waals surface area contributed by atoms with Gasteiger partial charge in [0.2, 0.25) is 5.91 Å². The van der Waals surface area contributed by atoms with Crippen molar-refractivity contribution in [2.24, 2.45) is 0 Å². The Kier molecular flexibility index (Phi) is 6.33. The van der Waals surface area contributed by atoms with Gasteiger partial charge in [0, 0.05) is 25.3 Å². The van der Waals surface area contributed by atoms with Gasteiger partial charge in [0.1, 0.15) is 18.7 Å². The zero-order chi connectivity index (χ0) is 23.5. The van der Waals surface area contributed by atoms with Crippen molar-refractivity contribution in [2.45, 2.75) is 36.9 Å². The lowest BCUT2D eigenvalue weighted by molar-refractivity contribution is -0.148. The highest BCUT2D eigenvalue weighted by atomic mass is 16.5. The van der Waals surface area contributed by atoms with Crippen LogP contribution in [0.5, 0.6) is 0 Å². The van der Waals surface area contributed by atoms with E-state index in [-0.39, 0.29) is 31.9 Å². The summed E-state index contributed by atoms with van der Waals surface area (Å²) in [5.74, 6) is 0.301. The first-order valence-corrected chi connectivity index (χ1v) is 10.7. The van der Waals surface area contributed by atoms with Crippen molar-refractivity contribution < 1.29 is 29.3 Å². The van der Waals surface area contributed by atoms with E-state index in [1.54, 1.807) is 0 Å². The lowest BCUT2D eigenvalue weighted by Crippen LogP contribution is -2.51. The van der Waals surface area contributed by atoms with Crippen LogP contribution in [0.3, 0.4) is 0 Å². The topological polar surface area (TPSA) is 116 Å². The molecule has 0 bridgehead atoms. The van der Waals surface area contributed by atoms with Crippen LogP contribution in [0.25, 0.3) is 11.1 Å². The second-order valence-electron chi connectivity index (χ2n) is 8.16.